The number of aromatic nitrogens is 2. The zero-order chi connectivity index (χ0) is 9.42. The minimum atomic E-state index is 0.0724. The van der Waals surface area contributed by atoms with Crippen molar-refractivity contribution in [1.82, 2.24) is 9.38 Å². The Balaban J connectivity index is 2.67. The molecule has 0 spiro atoms. The largest absolute Gasteiger partial charge is 0.307 e. The van der Waals surface area contributed by atoms with Gasteiger partial charge in [-0.15, -0.1) is 0 Å². The van der Waals surface area contributed by atoms with E-state index in [2.05, 4.69) is 4.98 Å². The van der Waals surface area contributed by atoms with E-state index in [-0.39, 0.29) is 5.78 Å². The van der Waals surface area contributed by atoms with E-state index in [4.69, 9.17) is 0 Å². The number of imidazole rings is 1. The molecule has 0 aliphatic carbocycles. The maximum Gasteiger partial charge on any atom is 0.159 e. The van der Waals surface area contributed by atoms with Crippen molar-refractivity contribution in [2.75, 3.05) is 0 Å². The highest BCUT2D eigenvalue weighted by atomic mass is 16.1. The molecular weight excluding hydrogens is 164 g/mol. The minimum absolute atomic E-state index is 0.0724. The van der Waals surface area contributed by atoms with E-state index in [1.54, 1.807) is 19.1 Å². The summed E-state index contributed by atoms with van der Waals surface area (Å²) >= 11 is 0. The van der Waals surface area contributed by atoms with Crippen LogP contribution >= 0.6 is 0 Å². The van der Waals surface area contributed by atoms with Crippen LogP contribution in [0.4, 0.5) is 0 Å². The molecule has 0 fully saturated rings. The van der Waals surface area contributed by atoms with Gasteiger partial charge in [0.1, 0.15) is 5.65 Å². The Morgan fingerprint density at radius 3 is 3.00 bits per heavy atom. The number of aryl methyl sites for hydroxylation is 1. The highest BCUT2D eigenvalue weighted by molar-refractivity contribution is 5.94. The lowest BCUT2D eigenvalue weighted by Gasteiger charge is -1.95. The van der Waals surface area contributed by atoms with Gasteiger partial charge in [-0.1, -0.05) is 0 Å². The Morgan fingerprint density at radius 1 is 1.54 bits per heavy atom. The maximum absolute atomic E-state index is 11.1. The summed E-state index contributed by atoms with van der Waals surface area (Å²) in [6, 6.07) is 3.60. The summed E-state index contributed by atoms with van der Waals surface area (Å²) in [5, 5.41) is 0. The van der Waals surface area contributed by atoms with Crippen molar-refractivity contribution in [2.45, 2.75) is 13.8 Å². The van der Waals surface area contributed by atoms with Crippen LogP contribution in [0.15, 0.2) is 24.5 Å². The van der Waals surface area contributed by atoms with E-state index in [1.165, 1.54) is 0 Å². The van der Waals surface area contributed by atoms with Crippen molar-refractivity contribution in [2.24, 2.45) is 0 Å². The van der Waals surface area contributed by atoms with Gasteiger partial charge >= 0.3 is 0 Å². The first-order chi connectivity index (χ1) is 6.16. The highest BCUT2D eigenvalue weighted by Crippen LogP contribution is 2.07. The van der Waals surface area contributed by atoms with Crippen molar-refractivity contribution in [3.63, 3.8) is 0 Å². The van der Waals surface area contributed by atoms with Crippen LogP contribution in [0.25, 0.3) is 5.65 Å². The van der Waals surface area contributed by atoms with Gasteiger partial charge in [-0.3, -0.25) is 4.79 Å². The highest BCUT2D eigenvalue weighted by Gasteiger charge is 2.02. The zero-order valence-electron chi connectivity index (χ0n) is 7.61. The Hall–Kier alpha value is -1.64. The lowest BCUT2D eigenvalue weighted by atomic mass is 10.2. The number of Topliss-reactive ketones (excluding diaryl/α,β-unsaturated/α-hetero) is 1. The molecule has 0 N–H and O–H groups in total. The minimum Gasteiger partial charge on any atom is -0.307 e. The van der Waals surface area contributed by atoms with Gasteiger partial charge in [-0.25, -0.2) is 4.98 Å². The van der Waals surface area contributed by atoms with E-state index in [0.717, 1.165) is 11.3 Å². The van der Waals surface area contributed by atoms with Crippen molar-refractivity contribution in [3.05, 3.63) is 35.8 Å². The van der Waals surface area contributed by atoms with Crippen LogP contribution in [0.5, 0.6) is 0 Å². The molecule has 0 radical (unpaired) electrons. The number of carbonyl (C=O) groups excluding carboxylic acids is 1. The third kappa shape index (κ3) is 1.33. The van der Waals surface area contributed by atoms with Crippen LogP contribution in [0.1, 0.15) is 23.0 Å². The number of hydrogen-bond acceptors (Lipinski definition) is 2. The quantitative estimate of drug-likeness (QED) is 0.618. The SMILES string of the molecule is CC(=O)c1ccn2cc(C)nc2c1. The molecule has 3 heteroatoms. The van der Waals surface area contributed by atoms with Crippen molar-refractivity contribution >= 4 is 11.4 Å². The molecule has 0 bridgehead atoms. The van der Waals surface area contributed by atoms with E-state index < -0.39 is 0 Å². The number of ketones is 1. The van der Waals surface area contributed by atoms with Gasteiger partial charge in [0.2, 0.25) is 0 Å². The van der Waals surface area contributed by atoms with Crippen LogP contribution in [0.2, 0.25) is 0 Å². The molecule has 0 aliphatic rings. The molecule has 2 aromatic rings. The predicted molar refractivity (Wildman–Crippen MR) is 49.9 cm³/mol. The number of pyridine rings is 1. The summed E-state index contributed by atoms with van der Waals surface area (Å²) in [4.78, 5) is 15.3. The van der Waals surface area contributed by atoms with Gasteiger partial charge in [0, 0.05) is 18.0 Å². The average molecular weight is 174 g/mol. The summed E-state index contributed by atoms with van der Waals surface area (Å²) in [5.74, 6) is 0.0724. The van der Waals surface area contributed by atoms with Crippen LogP contribution in [-0.2, 0) is 0 Å². The van der Waals surface area contributed by atoms with Gasteiger partial charge in [0.15, 0.2) is 5.78 Å². The monoisotopic (exact) mass is 174 g/mol. The van der Waals surface area contributed by atoms with Crippen LogP contribution < -0.4 is 0 Å². The number of carbonyl (C=O) groups is 1. The fourth-order valence-corrected chi connectivity index (χ4v) is 1.33. The molecule has 0 saturated carbocycles. The van der Waals surface area contributed by atoms with Crippen LogP contribution in [-0.4, -0.2) is 15.2 Å². The summed E-state index contributed by atoms with van der Waals surface area (Å²) in [7, 11) is 0. The van der Waals surface area contributed by atoms with E-state index in [0.29, 0.717) is 5.56 Å². The number of nitrogens with zero attached hydrogens (tertiary/aromatic N) is 2. The third-order valence-electron chi connectivity index (χ3n) is 1.99. The van der Waals surface area contributed by atoms with Gasteiger partial charge in [0.25, 0.3) is 0 Å². The average Bonchev–Trinajstić information content (AvgIpc) is 2.42. The lowest BCUT2D eigenvalue weighted by molar-refractivity contribution is 0.101. The van der Waals surface area contributed by atoms with Gasteiger partial charge in [-0.2, -0.15) is 0 Å². The predicted octanol–water partition coefficient (Wildman–Crippen LogP) is 1.85. The summed E-state index contributed by atoms with van der Waals surface area (Å²) in [5.41, 5.74) is 2.49. The zero-order valence-corrected chi connectivity index (χ0v) is 7.61. The standard InChI is InChI=1S/C10H10N2O/c1-7-6-12-4-3-9(8(2)13)5-10(12)11-7/h3-6H,1-2H3. The molecule has 0 atom stereocenters. The topological polar surface area (TPSA) is 34.4 Å². The molecule has 0 amide bonds. The summed E-state index contributed by atoms with van der Waals surface area (Å²) in [6.07, 6.45) is 3.78. The molecule has 0 aromatic carbocycles. The Kier molecular flexibility index (Phi) is 1.65. The van der Waals surface area contributed by atoms with Crippen LogP contribution in [0.3, 0.4) is 0 Å². The van der Waals surface area contributed by atoms with Crippen LogP contribution in [0, 0.1) is 6.92 Å². The van der Waals surface area contributed by atoms with E-state index in [9.17, 15) is 4.79 Å². The molecule has 2 rings (SSSR count). The van der Waals surface area contributed by atoms with Gasteiger partial charge in [0.05, 0.1) is 5.69 Å². The molecule has 3 nitrogen and oxygen atoms in total. The number of hydrogen-bond donors (Lipinski definition) is 0. The molecule has 0 saturated heterocycles. The lowest BCUT2D eigenvalue weighted by Crippen LogP contribution is -1.93. The van der Waals surface area contributed by atoms with Gasteiger partial charge < -0.3 is 4.40 Å². The molecule has 66 valence electrons. The fourth-order valence-electron chi connectivity index (χ4n) is 1.33. The first-order valence-corrected chi connectivity index (χ1v) is 4.13. The first kappa shape index (κ1) is 7.98. The second kappa shape index (κ2) is 2.69. The first-order valence-electron chi connectivity index (χ1n) is 4.13. The maximum atomic E-state index is 11.1. The van der Waals surface area contributed by atoms with Gasteiger partial charge in [-0.05, 0) is 26.0 Å². The second-order valence-electron chi connectivity index (χ2n) is 3.12. The van der Waals surface area contributed by atoms with Crippen molar-refractivity contribution < 1.29 is 4.79 Å². The fraction of sp³-hybridized carbons (Fsp3) is 0.200. The van der Waals surface area contributed by atoms with E-state index >= 15 is 0 Å². The smallest absolute Gasteiger partial charge is 0.159 e. The third-order valence-corrected chi connectivity index (χ3v) is 1.99. The number of rotatable bonds is 1. The summed E-state index contributed by atoms with van der Waals surface area (Å²) in [6.45, 7) is 3.49. The molecule has 2 aromatic heterocycles. The van der Waals surface area contributed by atoms with E-state index in [1.807, 2.05) is 23.7 Å². The Labute approximate surface area is 76.0 Å². The number of fused-ring (bicyclic) bond motifs is 1. The molecule has 13 heavy (non-hydrogen) atoms. The van der Waals surface area contributed by atoms with Crippen molar-refractivity contribution in [1.29, 1.82) is 0 Å². The molecular formula is C10H10N2O. The Bertz CT molecular complexity index is 471. The molecule has 0 unspecified atom stereocenters. The molecule has 2 heterocycles. The molecule has 0 aliphatic heterocycles. The van der Waals surface area contributed by atoms with Crippen molar-refractivity contribution in [3.8, 4) is 0 Å². The second-order valence-corrected chi connectivity index (χ2v) is 3.12. The summed E-state index contributed by atoms with van der Waals surface area (Å²) < 4.78 is 1.90. The Morgan fingerprint density at radius 2 is 2.31 bits per heavy atom. The normalized spacial score (nSPS) is 10.6.